The van der Waals surface area contributed by atoms with Gasteiger partial charge >= 0.3 is 0 Å². The van der Waals surface area contributed by atoms with Crippen molar-refractivity contribution >= 4 is 5.95 Å². The van der Waals surface area contributed by atoms with Crippen LogP contribution in [0.25, 0.3) is 0 Å². The number of aliphatic hydroxyl groups is 2. The van der Waals surface area contributed by atoms with Gasteiger partial charge in [-0.25, -0.2) is 4.98 Å². The number of rotatable bonds is 6. The number of aromatic nitrogens is 2. The Hall–Kier alpha value is -1.40. The predicted molar refractivity (Wildman–Crippen MR) is 59.4 cm³/mol. The van der Waals surface area contributed by atoms with E-state index < -0.39 is 6.10 Å². The molecule has 0 radical (unpaired) electrons. The summed E-state index contributed by atoms with van der Waals surface area (Å²) in [6, 6.07) is 1.66. The van der Waals surface area contributed by atoms with Crippen molar-refractivity contribution in [3.8, 4) is 5.88 Å². The first kappa shape index (κ1) is 12.7. The second-order valence-corrected chi connectivity index (χ2v) is 3.60. The van der Waals surface area contributed by atoms with Crippen LogP contribution in [0.5, 0.6) is 5.88 Å². The molecule has 0 aliphatic carbocycles. The van der Waals surface area contributed by atoms with Crippen molar-refractivity contribution < 1.29 is 14.9 Å². The van der Waals surface area contributed by atoms with Crippen LogP contribution in [-0.2, 0) is 0 Å². The number of nitrogens with zero attached hydrogens (tertiary/aromatic N) is 2. The van der Waals surface area contributed by atoms with Gasteiger partial charge in [0.2, 0.25) is 11.8 Å². The molecule has 1 rings (SSSR count). The average Bonchev–Trinajstić information content (AvgIpc) is 2.25. The molecule has 0 saturated carbocycles. The van der Waals surface area contributed by atoms with E-state index in [2.05, 4.69) is 15.3 Å². The van der Waals surface area contributed by atoms with Gasteiger partial charge in [0.05, 0.1) is 18.8 Å². The van der Waals surface area contributed by atoms with Gasteiger partial charge in [-0.1, -0.05) is 0 Å². The van der Waals surface area contributed by atoms with Gasteiger partial charge in [-0.3, -0.25) is 0 Å². The molecule has 1 aromatic rings. The van der Waals surface area contributed by atoms with Crippen molar-refractivity contribution in [3.63, 3.8) is 0 Å². The number of anilines is 1. The first-order valence-corrected chi connectivity index (χ1v) is 5.14. The van der Waals surface area contributed by atoms with Crippen molar-refractivity contribution in [1.82, 2.24) is 9.97 Å². The van der Waals surface area contributed by atoms with Gasteiger partial charge in [-0.2, -0.15) is 4.98 Å². The highest BCUT2D eigenvalue weighted by Crippen LogP contribution is 2.09. The highest BCUT2D eigenvalue weighted by molar-refractivity contribution is 5.27. The molecule has 1 aromatic heterocycles. The van der Waals surface area contributed by atoms with Crippen LogP contribution in [0.3, 0.4) is 0 Å². The topological polar surface area (TPSA) is 87.5 Å². The highest BCUT2D eigenvalue weighted by atomic mass is 16.5. The standard InChI is InChI=1S/C10H17N3O3/c1-7(2)16-9-3-4-11-10(13-9)12-5-8(15)6-14/h3-4,7-8,14-15H,5-6H2,1-2H3,(H,11,12,13). The normalized spacial score (nSPS) is 12.6. The molecule has 0 fully saturated rings. The molecule has 6 heteroatoms. The van der Waals surface area contributed by atoms with Crippen molar-refractivity contribution in [2.75, 3.05) is 18.5 Å². The second-order valence-electron chi connectivity index (χ2n) is 3.60. The molecule has 16 heavy (non-hydrogen) atoms. The first-order chi connectivity index (χ1) is 7.61. The quantitative estimate of drug-likeness (QED) is 0.635. The van der Waals surface area contributed by atoms with Crippen molar-refractivity contribution in [1.29, 1.82) is 0 Å². The van der Waals surface area contributed by atoms with Gasteiger partial charge < -0.3 is 20.3 Å². The summed E-state index contributed by atoms with van der Waals surface area (Å²) in [6.07, 6.45) is 0.794. The molecule has 0 bridgehead atoms. The lowest BCUT2D eigenvalue weighted by Gasteiger charge is -2.11. The zero-order valence-electron chi connectivity index (χ0n) is 9.42. The molecule has 3 N–H and O–H groups in total. The summed E-state index contributed by atoms with van der Waals surface area (Å²) >= 11 is 0. The van der Waals surface area contributed by atoms with Crippen LogP contribution < -0.4 is 10.1 Å². The van der Waals surface area contributed by atoms with Crippen LogP contribution in [0, 0.1) is 0 Å². The van der Waals surface area contributed by atoms with Crippen molar-refractivity contribution in [2.24, 2.45) is 0 Å². The van der Waals surface area contributed by atoms with Gasteiger partial charge in [-0.05, 0) is 13.8 Å². The number of hydrogen-bond acceptors (Lipinski definition) is 6. The lowest BCUT2D eigenvalue weighted by Crippen LogP contribution is -2.23. The van der Waals surface area contributed by atoms with Gasteiger partial charge in [0.15, 0.2) is 0 Å². The Morgan fingerprint density at radius 1 is 1.50 bits per heavy atom. The third-order valence-electron chi connectivity index (χ3n) is 1.69. The summed E-state index contributed by atoms with van der Waals surface area (Å²) < 4.78 is 5.38. The van der Waals surface area contributed by atoms with E-state index in [1.54, 1.807) is 12.3 Å². The van der Waals surface area contributed by atoms with Crippen LogP contribution in [0.15, 0.2) is 12.3 Å². The summed E-state index contributed by atoms with van der Waals surface area (Å²) in [5, 5.41) is 20.6. The molecule has 0 aromatic carbocycles. The van der Waals surface area contributed by atoms with Crippen molar-refractivity contribution in [3.05, 3.63) is 12.3 Å². The van der Waals surface area contributed by atoms with Crippen LogP contribution in [0.4, 0.5) is 5.95 Å². The molecule has 90 valence electrons. The predicted octanol–water partition coefficient (Wildman–Crippen LogP) is 0.0289. The van der Waals surface area contributed by atoms with Crippen LogP contribution in [0.1, 0.15) is 13.8 Å². The van der Waals surface area contributed by atoms with E-state index in [9.17, 15) is 0 Å². The maximum absolute atomic E-state index is 9.13. The van der Waals surface area contributed by atoms with Gasteiger partial charge in [0, 0.05) is 18.8 Å². The Balaban J connectivity index is 2.53. The smallest absolute Gasteiger partial charge is 0.226 e. The van der Waals surface area contributed by atoms with E-state index in [-0.39, 0.29) is 19.3 Å². The summed E-state index contributed by atoms with van der Waals surface area (Å²) in [4.78, 5) is 8.04. The minimum absolute atomic E-state index is 0.0470. The zero-order chi connectivity index (χ0) is 12.0. The fraction of sp³-hybridized carbons (Fsp3) is 0.600. The Morgan fingerprint density at radius 3 is 2.88 bits per heavy atom. The Morgan fingerprint density at radius 2 is 2.25 bits per heavy atom. The van der Waals surface area contributed by atoms with Gasteiger partial charge in [0.1, 0.15) is 0 Å². The van der Waals surface area contributed by atoms with E-state index in [0.29, 0.717) is 11.8 Å². The van der Waals surface area contributed by atoms with Crippen LogP contribution in [-0.4, -0.2) is 45.5 Å². The molecule has 1 unspecified atom stereocenters. The molecule has 0 saturated heterocycles. The summed E-state index contributed by atoms with van der Waals surface area (Å²) in [7, 11) is 0. The highest BCUT2D eigenvalue weighted by Gasteiger charge is 2.04. The van der Waals surface area contributed by atoms with E-state index in [1.165, 1.54) is 0 Å². The molecule has 0 aliphatic rings. The summed E-state index contributed by atoms with van der Waals surface area (Å²) in [6.45, 7) is 3.71. The second kappa shape index (κ2) is 6.24. The van der Waals surface area contributed by atoms with Crippen molar-refractivity contribution in [2.45, 2.75) is 26.1 Å². The largest absolute Gasteiger partial charge is 0.475 e. The zero-order valence-corrected chi connectivity index (χ0v) is 9.42. The Bertz CT molecular complexity index is 320. The van der Waals surface area contributed by atoms with Gasteiger partial charge in [-0.15, -0.1) is 0 Å². The van der Waals surface area contributed by atoms with E-state index in [1.807, 2.05) is 13.8 Å². The van der Waals surface area contributed by atoms with E-state index in [0.717, 1.165) is 0 Å². The number of hydrogen-bond donors (Lipinski definition) is 3. The third-order valence-corrected chi connectivity index (χ3v) is 1.69. The molecule has 6 nitrogen and oxygen atoms in total. The summed E-state index contributed by atoms with van der Waals surface area (Å²) in [5.41, 5.74) is 0. The Kier molecular flexibility index (Phi) is 4.94. The average molecular weight is 227 g/mol. The fourth-order valence-electron chi connectivity index (χ4n) is 1.01. The number of aliphatic hydroxyl groups excluding tert-OH is 2. The molecule has 0 aliphatic heterocycles. The minimum atomic E-state index is -0.821. The molecule has 1 heterocycles. The monoisotopic (exact) mass is 227 g/mol. The molecule has 0 amide bonds. The summed E-state index contributed by atoms with van der Waals surface area (Å²) in [5.74, 6) is 0.844. The van der Waals surface area contributed by atoms with Crippen LogP contribution >= 0.6 is 0 Å². The third kappa shape index (κ3) is 4.41. The Labute approximate surface area is 94.3 Å². The maximum Gasteiger partial charge on any atom is 0.226 e. The molecule has 1 atom stereocenters. The maximum atomic E-state index is 9.13. The first-order valence-electron chi connectivity index (χ1n) is 5.14. The number of nitrogens with one attached hydrogen (secondary N) is 1. The van der Waals surface area contributed by atoms with Gasteiger partial charge in [0.25, 0.3) is 0 Å². The number of ether oxygens (including phenoxy) is 1. The minimum Gasteiger partial charge on any atom is -0.475 e. The SMILES string of the molecule is CC(C)Oc1ccnc(NCC(O)CO)n1. The van der Waals surface area contributed by atoms with E-state index >= 15 is 0 Å². The molecular formula is C10H17N3O3. The molecule has 0 spiro atoms. The van der Waals surface area contributed by atoms with E-state index in [4.69, 9.17) is 14.9 Å². The molecular weight excluding hydrogens is 210 g/mol. The van der Waals surface area contributed by atoms with Crippen LogP contribution in [0.2, 0.25) is 0 Å². The lowest BCUT2D eigenvalue weighted by atomic mass is 10.4. The fourth-order valence-corrected chi connectivity index (χ4v) is 1.01. The lowest BCUT2D eigenvalue weighted by molar-refractivity contribution is 0.105.